The van der Waals surface area contributed by atoms with E-state index < -0.39 is 5.97 Å². The molecule has 0 aliphatic carbocycles. The summed E-state index contributed by atoms with van der Waals surface area (Å²) in [6, 6.07) is 4.29. The van der Waals surface area contributed by atoms with Gasteiger partial charge in [0.15, 0.2) is 0 Å². The predicted molar refractivity (Wildman–Crippen MR) is 75.1 cm³/mol. The molecule has 1 atom stereocenters. The van der Waals surface area contributed by atoms with E-state index in [1.54, 1.807) is 6.07 Å². The van der Waals surface area contributed by atoms with Gasteiger partial charge in [-0.15, -0.1) is 22.7 Å². The van der Waals surface area contributed by atoms with Crippen molar-refractivity contribution in [3.63, 3.8) is 0 Å². The highest BCUT2D eigenvalue weighted by Gasteiger charge is 2.25. The van der Waals surface area contributed by atoms with E-state index in [2.05, 4.69) is 23.3 Å². The summed E-state index contributed by atoms with van der Waals surface area (Å²) in [5, 5.41) is 13.1. The molecule has 3 heterocycles. The fourth-order valence-corrected chi connectivity index (χ4v) is 4.15. The number of hydrogen-bond acceptors (Lipinski definition) is 4. The summed E-state index contributed by atoms with van der Waals surface area (Å²) in [6.45, 7) is 3.15. The number of thiophene rings is 2. The average molecular weight is 279 g/mol. The molecule has 0 amide bonds. The minimum Gasteiger partial charge on any atom is -0.477 e. The van der Waals surface area contributed by atoms with Gasteiger partial charge in [0.1, 0.15) is 4.88 Å². The maximum atomic E-state index is 10.9. The summed E-state index contributed by atoms with van der Waals surface area (Å²) >= 11 is 3.12. The SMILES string of the molecule is CC1c2ccsc2CCN1c1csc(C(=O)O)c1. The van der Waals surface area contributed by atoms with E-state index in [0.717, 1.165) is 18.7 Å². The molecule has 0 aromatic carbocycles. The summed E-state index contributed by atoms with van der Waals surface area (Å²) in [5.41, 5.74) is 2.41. The van der Waals surface area contributed by atoms with E-state index in [1.807, 2.05) is 16.7 Å². The number of anilines is 1. The van der Waals surface area contributed by atoms with Gasteiger partial charge < -0.3 is 10.0 Å². The smallest absolute Gasteiger partial charge is 0.345 e. The Morgan fingerprint density at radius 1 is 1.50 bits per heavy atom. The van der Waals surface area contributed by atoms with Crippen LogP contribution in [0.4, 0.5) is 5.69 Å². The number of hydrogen-bond donors (Lipinski definition) is 1. The van der Waals surface area contributed by atoms with Gasteiger partial charge in [-0.3, -0.25) is 0 Å². The van der Waals surface area contributed by atoms with Crippen LogP contribution in [0, 0.1) is 0 Å². The van der Waals surface area contributed by atoms with Crippen molar-refractivity contribution in [2.75, 3.05) is 11.4 Å². The molecular weight excluding hydrogens is 266 g/mol. The summed E-state index contributed by atoms with van der Waals surface area (Å²) in [5.74, 6) is -0.841. The topological polar surface area (TPSA) is 40.5 Å². The first kappa shape index (κ1) is 11.7. The third kappa shape index (κ3) is 1.83. The Kier molecular flexibility index (Phi) is 2.87. The van der Waals surface area contributed by atoms with Crippen LogP contribution in [0.2, 0.25) is 0 Å². The summed E-state index contributed by atoms with van der Waals surface area (Å²) < 4.78 is 0. The molecule has 0 spiro atoms. The van der Waals surface area contributed by atoms with Crippen LogP contribution >= 0.6 is 22.7 Å². The second-order valence-electron chi connectivity index (χ2n) is 4.39. The van der Waals surface area contributed by atoms with Gasteiger partial charge in [0.05, 0.1) is 6.04 Å². The zero-order valence-corrected chi connectivity index (χ0v) is 11.6. The fourth-order valence-electron chi connectivity index (χ4n) is 2.45. The lowest BCUT2D eigenvalue weighted by Crippen LogP contribution is -2.32. The normalized spacial score (nSPS) is 18.7. The van der Waals surface area contributed by atoms with Crippen molar-refractivity contribution in [1.82, 2.24) is 0 Å². The molecular formula is C13H13NO2S2. The van der Waals surface area contributed by atoms with E-state index in [-0.39, 0.29) is 0 Å². The molecule has 5 heteroatoms. The highest BCUT2D eigenvalue weighted by atomic mass is 32.1. The Bertz CT molecular complexity index is 587. The number of fused-ring (bicyclic) bond motifs is 1. The van der Waals surface area contributed by atoms with Gasteiger partial charge in [0.2, 0.25) is 0 Å². The third-order valence-electron chi connectivity index (χ3n) is 3.41. The molecule has 0 bridgehead atoms. The highest BCUT2D eigenvalue weighted by Crippen LogP contribution is 2.37. The second-order valence-corrected chi connectivity index (χ2v) is 6.30. The van der Waals surface area contributed by atoms with Crippen LogP contribution < -0.4 is 4.90 Å². The molecule has 1 aliphatic rings. The highest BCUT2D eigenvalue weighted by molar-refractivity contribution is 7.12. The molecule has 0 radical (unpaired) electrons. The minimum atomic E-state index is -0.841. The lowest BCUT2D eigenvalue weighted by Gasteiger charge is -2.34. The molecule has 18 heavy (non-hydrogen) atoms. The predicted octanol–water partition coefficient (Wildman–Crippen LogP) is 3.63. The minimum absolute atomic E-state index is 0.330. The van der Waals surface area contributed by atoms with E-state index >= 15 is 0 Å². The maximum Gasteiger partial charge on any atom is 0.345 e. The van der Waals surface area contributed by atoms with Gasteiger partial charge in [0.25, 0.3) is 0 Å². The first-order valence-electron chi connectivity index (χ1n) is 5.81. The molecule has 1 unspecified atom stereocenters. The molecule has 0 saturated heterocycles. The van der Waals surface area contributed by atoms with Gasteiger partial charge >= 0.3 is 5.97 Å². The quantitative estimate of drug-likeness (QED) is 0.912. The van der Waals surface area contributed by atoms with Crippen molar-refractivity contribution in [3.05, 3.63) is 38.2 Å². The molecule has 1 N–H and O–H groups in total. The standard InChI is InChI=1S/C13H13NO2S2/c1-8-10-3-5-17-11(10)2-4-14(8)9-6-12(13(15)16)18-7-9/h3,5-8H,2,4H2,1H3,(H,15,16). The van der Waals surface area contributed by atoms with Crippen molar-refractivity contribution >= 4 is 34.3 Å². The number of carboxylic acid groups (broad SMARTS) is 1. The van der Waals surface area contributed by atoms with Crippen molar-refractivity contribution in [1.29, 1.82) is 0 Å². The Balaban J connectivity index is 1.91. The molecule has 2 aromatic heterocycles. The molecule has 2 aromatic rings. The summed E-state index contributed by atoms with van der Waals surface area (Å²) in [7, 11) is 0. The maximum absolute atomic E-state index is 10.9. The summed E-state index contributed by atoms with van der Waals surface area (Å²) in [6.07, 6.45) is 1.05. The Hall–Kier alpha value is -1.33. The van der Waals surface area contributed by atoms with Crippen molar-refractivity contribution in [2.24, 2.45) is 0 Å². The van der Waals surface area contributed by atoms with Crippen LogP contribution in [0.1, 0.15) is 33.1 Å². The third-order valence-corrected chi connectivity index (χ3v) is 5.31. The fraction of sp³-hybridized carbons (Fsp3) is 0.308. The number of nitrogens with zero attached hydrogens (tertiary/aromatic N) is 1. The largest absolute Gasteiger partial charge is 0.477 e. The number of carbonyl (C=O) groups is 1. The zero-order chi connectivity index (χ0) is 12.7. The first-order chi connectivity index (χ1) is 8.66. The van der Waals surface area contributed by atoms with Gasteiger partial charge in [-0.1, -0.05) is 0 Å². The van der Waals surface area contributed by atoms with E-state index in [9.17, 15) is 4.79 Å². The monoisotopic (exact) mass is 279 g/mol. The van der Waals surface area contributed by atoms with Crippen molar-refractivity contribution in [2.45, 2.75) is 19.4 Å². The van der Waals surface area contributed by atoms with Crippen LogP contribution in [-0.4, -0.2) is 17.6 Å². The van der Waals surface area contributed by atoms with Gasteiger partial charge in [-0.05, 0) is 36.4 Å². The van der Waals surface area contributed by atoms with Crippen LogP contribution in [-0.2, 0) is 6.42 Å². The Morgan fingerprint density at radius 2 is 2.33 bits per heavy atom. The molecule has 3 nitrogen and oxygen atoms in total. The molecule has 0 fully saturated rings. The van der Waals surface area contributed by atoms with E-state index in [0.29, 0.717) is 10.9 Å². The second kappa shape index (κ2) is 4.40. The Labute approximate surface area is 113 Å². The number of rotatable bonds is 2. The lowest BCUT2D eigenvalue weighted by atomic mass is 10.0. The van der Waals surface area contributed by atoms with Crippen molar-refractivity contribution in [3.8, 4) is 0 Å². The van der Waals surface area contributed by atoms with Crippen molar-refractivity contribution < 1.29 is 9.90 Å². The molecule has 0 saturated carbocycles. The first-order valence-corrected chi connectivity index (χ1v) is 7.57. The van der Waals surface area contributed by atoms with Gasteiger partial charge in [-0.2, -0.15) is 0 Å². The molecule has 94 valence electrons. The average Bonchev–Trinajstić information content (AvgIpc) is 2.97. The Morgan fingerprint density at radius 3 is 3.06 bits per heavy atom. The molecule has 3 rings (SSSR count). The van der Waals surface area contributed by atoms with Gasteiger partial charge in [0, 0.05) is 22.5 Å². The van der Waals surface area contributed by atoms with Crippen LogP contribution in [0.15, 0.2) is 22.9 Å². The van der Waals surface area contributed by atoms with Crippen LogP contribution in [0.25, 0.3) is 0 Å². The van der Waals surface area contributed by atoms with Gasteiger partial charge in [-0.25, -0.2) is 4.79 Å². The molecule has 1 aliphatic heterocycles. The number of aromatic carboxylic acids is 1. The van der Waals surface area contributed by atoms with Crippen LogP contribution in [0.5, 0.6) is 0 Å². The van der Waals surface area contributed by atoms with E-state index in [4.69, 9.17) is 5.11 Å². The lowest BCUT2D eigenvalue weighted by molar-refractivity contribution is 0.0702. The zero-order valence-electron chi connectivity index (χ0n) is 9.92. The summed E-state index contributed by atoms with van der Waals surface area (Å²) in [4.78, 5) is 15.1. The number of carboxylic acids is 1. The van der Waals surface area contributed by atoms with Crippen LogP contribution in [0.3, 0.4) is 0 Å². The van der Waals surface area contributed by atoms with E-state index in [1.165, 1.54) is 21.8 Å².